The smallest absolute Gasteiger partial charge is 0.321 e. The summed E-state index contributed by atoms with van der Waals surface area (Å²) >= 11 is 1.21. The Morgan fingerprint density at radius 2 is 2.25 bits per heavy atom. The summed E-state index contributed by atoms with van der Waals surface area (Å²) in [7, 11) is 1.60. The molecule has 0 saturated heterocycles. The van der Waals surface area contributed by atoms with E-state index in [4.69, 9.17) is 15.6 Å². The highest BCUT2D eigenvalue weighted by atomic mass is 32.2. The molecule has 1 atom stereocenters. The van der Waals surface area contributed by atoms with Crippen molar-refractivity contribution in [1.29, 1.82) is 0 Å². The molecule has 16 heavy (non-hydrogen) atoms. The number of aliphatic carboxylic acids is 1. The standard InChI is InChI=1S/C9H18N2O4S/c1-15-4-2-3-11-8(12)6-16-5-7(10)9(13)14/h7H,2-6,10H2,1H3,(H,11,12)(H,13,14)/t7-/m1/s1. The van der Waals surface area contributed by atoms with Crippen molar-refractivity contribution in [3.05, 3.63) is 0 Å². The third-order valence-electron chi connectivity index (χ3n) is 1.70. The minimum absolute atomic E-state index is 0.112. The first-order chi connectivity index (χ1) is 7.57. The number of carboxylic acid groups (broad SMARTS) is 1. The zero-order valence-corrected chi connectivity index (χ0v) is 10.1. The van der Waals surface area contributed by atoms with Gasteiger partial charge in [-0.25, -0.2) is 0 Å². The normalized spacial score (nSPS) is 12.1. The molecular formula is C9H18N2O4S. The molecule has 4 N–H and O–H groups in total. The van der Waals surface area contributed by atoms with Crippen LogP contribution in [-0.4, -0.2) is 54.8 Å². The van der Waals surface area contributed by atoms with Crippen LogP contribution in [0.1, 0.15) is 6.42 Å². The van der Waals surface area contributed by atoms with Crippen LogP contribution < -0.4 is 11.1 Å². The zero-order valence-electron chi connectivity index (χ0n) is 9.27. The quantitative estimate of drug-likeness (QED) is 0.467. The predicted molar refractivity (Wildman–Crippen MR) is 62.4 cm³/mol. The van der Waals surface area contributed by atoms with Gasteiger partial charge in [-0.1, -0.05) is 0 Å². The Balaban J connectivity index is 3.40. The van der Waals surface area contributed by atoms with Crippen LogP contribution in [-0.2, 0) is 14.3 Å². The Labute approximate surface area is 98.9 Å². The predicted octanol–water partition coefficient (Wildman–Crippen LogP) is -0.716. The SMILES string of the molecule is COCCCNC(=O)CSC[C@@H](N)C(=O)O. The lowest BCUT2D eigenvalue weighted by molar-refractivity contribution is -0.138. The summed E-state index contributed by atoms with van der Waals surface area (Å²) in [6.45, 7) is 1.18. The van der Waals surface area contributed by atoms with Crippen molar-refractivity contribution in [3.8, 4) is 0 Å². The van der Waals surface area contributed by atoms with E-state index in [0.717, 1.165) is 6.42 Å². The number of methoxy groups -OCH3 is 1. The van der Waals surface area contributed by atoms with Crippen molar-refractivity contribution in [3.63, 3.8) is 0 Å². The maximum Gasteiger partial charge on any atom is 0.321 e. The van der Waals surface area contributed by atoms with Crippen LogP contribution in [0.2, 0.25) is 0 Å². The number of nitrogens with one attached hydrogen (secondary N) is 1. The number of carbonyl (C=O) groups excluding carboxylic acids is 1. The number of carboxylic acids is 1. The van der Waals surface area contributed by atoms with E-state index in [0.29, 0.717) is 13.2 Å². The van der Waals surface area contributed by atoms with Crippen molar-refractivity contribution >= 4 is 23.6 Å². The molecule has 0 saturated carbocycles. The molecule has 0 aromatic rings. The minimum atomic E-state index is -1.05. The summed E-state index contributed by atoms with van der Waals surface area (Å²) in [4.78, 5) is 21.6. The molecule has 94 valence electrons. The molecule has 1 amide bonds. The van der Waals surface area contributed by atoms with Gasteiger partial charge in [-0.05, 0) is 6.42 Å². The molecule has 0 aromatic carbocycles. The van der Waals surface area contributed by atoms with E-state index in [-0.39, 0.29) is 17.4 Å². The van der Waals surface area contributed by atoms with Crippen LogP contribution in [0.25, 0.3) is 0 Å². The van der Waals surface area contributed by atoms with Gasteiger partial charge in [0.15, 0.2) is 0 Å². The summed E-state index contributed by atoms with van der Waals surface area (Å²) in [5, 5.41) is 11.2. The fraction of sp³-hybridized carbons (Fsp3) is 0.778. The summed E-state index contributed by atoms with van der Waals surface area (Å²) < 4.78 is 4.82. The molecule has 0 unspecified atom stereocenters. The second-order valence-corrected chi connectivity index (χ2v) is 4.19. The lowest BCUT2D eigenvalue weighted by Gasteiger charge is -2.06. The van der Waals surface area contributed by atoms with Gasteiger partial charge in [-0.3, -0.25) is 9.59 Å². The first-order valence-electron chi connectivity index (χ1n) is 4.89. The Kier molecular flexibility index (Phi) is 8.97. The molecule has 6 nitrogen and oxygen atoms in total. The Morgan fingerprint density at radius 3 is 2.81 bits per heavy atom. The molecule has 0 fully saturated rings. The number of amides is 1. The summed E-state index contributed by atoms with van der Waals surface area (Å²) in [6, 6.07) is -0.911. The third-order valence-corrected chi connectivity index (χ3v) is 2.76. The lowest BCUT2D eigenvalue weighted by atomic mass is 10.4. The highest BCUT2D eigenvalue weighted by molar-refractivity contribution is 8.00. The largest absolute Gasteiger partial charge is 0.480 e. The van der Waals surface area contributed by atoms with Crippen molar-refractivity contribution in [1.82, 2.24) is 5.32 Å². The van der Waals surface area contributed by atoms with Crippen molar-refractivity contribution in [2.24, 2.45) is 5.73 Å². The molecular weight excluding hydrogens is 232 g/mol. The molecule has 0 aliphatic heterocycles. The van der Waals surface area contributed by atoms with Crippen molar-refractivity contribution < 1.29 is 19.4 Å². The highest BCUT2D eigenvalue weighted by Gasteiger charge is 2.11. The van der Waals surface area contributed by atoms with Gasteiger partial charge in [0.25, 0.3) is 0 Å². The number of thioether (sulfide) groups is 1. The second kappa shape index (κ2) is 9.44. The number of rotatable bonds is 9. The minimum Gasteiger partial charge on any atom is -0.480 e. The van der Waals surface area contributed by atoms with Crippen molar-refractivity contribution in [2.45, 2.75) is 12.5 Å². The molecule has 0 heterocycles. The lowest BCUT2D eigenvalue weighted by Crippen LogP contribution is -2.33. The molecule has 7 heteroatoms. The van der Waals surface area contributed by atoms with E-state index < -0.39 is 12.0 Å². The van der Waals surface area contributed by atoms with Gasteiger partial charge in [0.1, 0.15) is 6.04 Å². The maximum absolute atomic E-state index is 11.2. The summed E-state index contributed by atoms with van der Waals surface area (Å²) in [6.07, 6.45) is 0.765. The van der Waals surface area contributed by atoms with Crippen LogP contribution >= 0.6 is 11.8 Å². The number of carbonyl (C=O) groups is 2. The molecule has 0 bridgehead atoms. The molecule has 0 radical (unpaired) electrons. The topological polar surface area (TPSA) is 102 Å². The zero-order chi connectivity index (χ0) is 12.4. The fourth-order valence-corrected chi connectivity index (χ4v) is 1.65. The monoisotopic (exact) mass is 250 g/mol. The summed E-state index contributed by atoms with van der Waals surface area (Å²) in [5.74, 6) is -0.693. The average Bonchev–Trinajstić information content (AvgIpc) is 2.24. The van der Waals surface area contributed by atoms with Gasteiger partial charge in [-0.2, -0.15) is 0 Å². The van der Waals surface area contributed by atoms with E-state index in [2.05, 4.69) is 5.32 Å². The number of hydrogen-bond donors (Lipinski definition) is 3. The van der Waals surface area contributed by atoms with Gasteiger partial charge in [-0.15, -0.1) is 11.8 Å². The Hall–Kier alpha value is -0.790. The molecule has 0 rings (SSSR count). The van der Waals surface area contributed by atoms with Crippen molar-refractivity contribution in [2.75, 3.05) is 31.8 Å². The molecule has 0 aliphatic rings. The Bertz CT molecular complexity index is 226. The molecule has 0 aromatic heterocycles. The third kappa shape index (κ3) is 8.51. The first-order valence-corrected chi connectivity index (χ1v) is 6.05. The van der Waals surface area contributed by atoms with E-state index >= 15 is 0 Å². The van der Waals surface area contributed by atoms with Gasteiger partial charge in [0, 0.05) is 26.0 Å². The van der Waals surface area contributed by atoms with Crippen LogP contribution in [0.4, 0.5) is 0 Å². The number of hydrogen-bond acceptors (Lipinski definition) is 5. The van der Waals surface area contributed by atoms with Gasteiger partial charge in [0.2, 0.25) is 5.91 Å². The number of ether oxygens (including phenoxy) is 1. The van der Waals surface area contributed by atoms with E-state index in [1.54, 1.807) is 7.11 Å². The average molecular weight is 250 g/mol. The van der Waals surface area contributed by atoms with E-state index in [9.17, 15) is 9.59 Å². The summed E-state index contributed by atoms with van der Waals surface area (Å²) in [5.41, 5.74) is 5.27. The van der Waals surface area contributed by atoms with Gasteiger partial charge < -0.3 is 20.9 Å². The maximum atomic E-state index is 11.2. The molecule has 0 aliphatic carbocycles. The second-order valence-electron chi connectivity index (χ2n) is 3.16. The first kappa shape index (κ1) is 15.2. The van der Waals surface area contributed by atoms with Crippen LogP contribution in [0, 0.1) is 0 Å². The number of nitrogens with two attached hydrogens (primary N) is 1. The van der Waals surface area contributed by atoms with Gasteiger partial charge in [0.05, 0.1) is 5.75 Å². The van der Waals surface area contributed by atoms with Crippen LogP contribution in [0.15, 0.2) is 0 Å². The molecule has 0 spiro atoms. The van der Waals surface area contributed by atoms with E-state index in [1.165, 1.54) is 11.8 Å². The highest BCUT2D eigenvalue weighted by Crippen LogP contribution is 2.01. The fourth-order valence-electron chi connectivity index (χ4n) is 0.845. The van der Waals surface area contributed by atoms with E-state index in [1.807, 2.05) is 0 Å². The van der Waals surface area contributed by atoms with Crippen LogP contribution in [0.5, 0.6) is 0 Å². The van der Waals surface area contributed by atoms with Crippen LogP contribution in [0.3, 0.4) is 0 Å². The Morgan fingerprint density at radius 1 is 1.56 bits per heavy atom. The van der Waals surface area contributed by atoms with Gasteiger partial charge >= 0.3 is 5.97 Å².